The summed E-state index contributed by atoms with van der Waals surface area (Å²) < 4.78 is 12.4. The Labute approximate surface area is 194 Å². The molecular formula is C25H33N3O3S. The van der Waals surface area contributed by atoms with Gasteiger partial charge in [-0.05, 0) is 75.3 Å². The fourth-order valence-corrected chi connectivity index (χ4v) is 4.53. The van der Waals surface area contributed by atoms with Crippen LogP contribution in [0.1, 0.15) is 31.9 Å². The number of hydrogen-bond donors (Lipinski definition) is 0. The maximum absolute atomic E-state index is 13.2. The summed E-state index contributed by atoms with van der Waals surface area (Å²) in [6.07, 6.45) is 0. The fraction of sp³-hybridized carbons (Fsp3) is 0.440. The summed E-state index contributed by atoms with van der Waals surface area (Å²) in [5.41, 5.74) is 3.33. The molecule has 0 bridgehead atoms. The van der Waals surface area contributed by atoms with E-state index in [1.54, 1.807) is 16.2 Å². The Hall–Kier alpha value is -2.64. The number of carbonyl (C=O) groups is 1. The number of aromatic nitrogens is 1. The smallest absolute Gasteiger partial charge is 0.266 e. The van der Waals surface area contributed by atoms with Crippen LogP contribution in [0.25, 0.3) is 10.2 Å². The van der Waals surface area contributed by atoms with Gasteiger partial charge < -0.3 is 14.4 Å². The van der Waals surface area contributed by atoms with Crippen molar-refractivity contribution in [3.05, 3.63) is 47.5 Å². The van der Waals surface area contributed by atoms with Crippen molar-refractivity contribution >= 4 is 32.6 Å². The van der Waals surface area contributed by atoms with Crippen LogP contribution in [0.5, 0.6) is 11.5 Å². The summed E-state index contributed by atoms with van der Waals surface area (Å²) in [7, 11) is 0. The minimum absolute atomic E-state index is 0.0415. The highest BCUT2D eigenvalue weighted by atomic mass is 32.1. The summed E-state index contributed by atoms with van der Waals surface area (Å²) in [4.78, 5) is 22.1. The first-order valence-corrected chi connectivity index (χ1v) is 12.0. The summed E-state index contributed by atoms with van der Waals surface area (Å²) in [5, 5.41) is 0.723. The second kappa shape index (κ2) is 11.3. The first-order chi connectivity index (χ1) is 15.5. The molecule has 0 aliphatic carbocycles. The van der Waals surface area contributed by atoms with E-state index in [1.165, 1.54) is 5.56 Å². The van der Waals surface area contributed by atoms with E-state index in [0.717, 1.165) is 46.3 Å². The van der Waals surface area contributed by atoms with Gasteiger partial charge in [0, 0.05) is 13.1 Å². The van der Waals surface area contributed by atoms with E-state index in [0.29, 0.717) is 18.9 Å². The van der Waals surface area contributed by atoms with E-state index in [-0.39, 0.29) is 12.5 Å². The summed E-state index contributed by atoms with van der Waals surface area (Å²) in [6, 6.07) is 11.5. The van der Waals surface area contributed by atoms with E-state index in [9.17, 15) is 4.79 Å². The first-order valence-electron chi connectivity index (χ1n) is 11.2. The molecule has 2 aromatic carbocycles. The lowest BCUT2D eigenvalue weighted by atomic mass is 10.1. The molecular weight excluding hydrogens is 422 g/mol. The molecule has 0 spiro atoms. The monoisotopic (exact) mass is 455 g/mol. The van der Waals surface area contributed by atoms with Crippen LogP contribution >= 0.6 is 11.3 Å². The first kappa shape index (κ1) is 24.0. The van der Waals surface area contributed by atoms with Gasteiger partial charge in [-0.2, -0.15) is 0 Å². The second-order valence-electron chi connectivity index (χ2n) is 7.62. The number of fused-ring (bicyclic) bond motifs is 1. The molecule has 6 nitrogen and oxygen atoms in total. The molecule has 0 N–H and O–H groups in total. The molecule has 1 amide bonds. The number of carbonyl (C=O) groups excluding carboxylic acids is 1. The molecule has 0 radical (unpaired) electrons. The molecule has 1 aromatic heterocycles. The summed E-state index contributed by atoms with van der Waals surface area (Å²) in [5.74, 6) is 1.33. The minimum Gasteiger partial charge on any atom is -0.494 e. The molecule has 172 valence electrons. The van der Waals surface area contributed by atoms with E-state index < -0.39 is 0 Å². The van der Waals surface area contributed by atoms with Crippen molar-refractivity contribution in [2.24, 2.45) is 0 Å². The molecule has 0 aliphatic rings. The molecule has 0 aliphatic heterocycles. The molecule has 7 heteroatoms. The Kier molecular flexibility index (Phi) is 8.47. The maximum atomic E-state index is 13.2. The highest BCUT2D eigenvalue weighted by Crippen LogP contribution is 2.32. The van der Waals surface area contributed by atoms with Crippen LogP contribution in [0, 0.1) is 13.8 Å². The zero-order valence-electron chi connectivity index (χ0n) is 19.7. The lowest BCUT2D eigenvalue weighted by Crippen LogP contribution is -2.41. The number of rotatable bonds is 11. The summed E-state index contributed by atoms with van der Waals surface area (Å²) in [6.45, 7) is 14.2. The largest absolute Gasteiger partial charge is 0.494 e. The van der Waals surface area contributed by atoms with Gasteiger partial charge in [0.05, 0.1) is 16.8 Å². The number of hydrogen-bond acceptors (Lipinski definition) is 6. The Morgan fingerprint density at radius 1 is 0.938 bits per heavy atom. The Morgan fingerprint density at radius 3 is 2.22 bits per heavy atom. The maximum Gasteiger partial charge on any atom is 0.266 e. The van der Waals surface area contributed by atoms with Crippen molar-refractivity contribution in [1.29, 1.82) is 0 Å². The van der Waals surface area contributed by atoms with Gasteiger partial charge in [-0.25, -0.2) is 4.98 Å². The van der Waals surface area contributed by atoms with Crippen LogP contribution in [0.15, 0.2) is 36.4 Å². The van der Waals surface area contributed by atoms with Gasteiger partial charge in [-0.3, -0.25) is 9.69 Å². The van der Waals surface area contributed by atoms with Crippen LogP contribution < -0.4 is 14.4 Å². The second-order valence-corrected chi connectivity index (χ2v) is 8.63. The Bertz CT molecular complexity index is 1030. The number of benzene rings is 2. The van der Waals surface area contributed by atoms with Crippen molar-refractivity contribution in [3.63, 3.8) is 0 Å². The van der Waals surface area contributed by atoms with Crippen molar-refractivity contribution < 1.29 is 14.3 Å². The van der Waals surface area contributed by atoms with Gasteiger partial charge in [0.2, 0.25) is 0 Å². The molecule has 0 saturated heterocycles. The average Bonchev–Trinajstić information content (AvgIpc) is 3.23. The number of nitrogens with zero attached hydrogens (tertiary/aromatic N) is 3. The number of thiazole rings is 1. The lowest BCUT2D eigenvalue weighted by molar-refractivity contribution is -0.120. The zero-order chi connectivity index (χ0) is 23.1. The van der Waals surface area contributed by atoms with Crippen molar-refractivity contribution in [3.8, 4) is 11.5 Å². The molecule has 0 saturated carbocycles. The van der Waals surface area contributed by atoms with Gasteiger partial charge in [-0.15, -0.1) is 0 Å². The number of ether oxygens (including phenoxy) is 2. The molecule has 3 aromatic rings. The third-order valence-corrected chi connectivity index (χ3v) is 6.68. The van der Waals surface area contributed by atoms with Crippen LogP contribution in [-0.4, -0.2) is 55.2 Å². The molecule has 3 rings (SSSR count). The van der Waals surface area contributed by atoms with Crippen molar-refractivity contribution in [1.82, 2.24) is 9.88 Å². The van der Waals surface area contributed by atoms with Gasteiger partial charge in [0.15, 0.2) is 11.7 Å². The van der Waals surface area contributed by atoms with Crippen LogP contribution in [0.3, 0.4) is 0 Å². The van der Waals surface area contributed by atoms with E-state index >= 15 is 0 Å². The summed E-state index contributed by atoms with van der Waals surface area (Å²) >= 11 is 1.56. The molecule has 1 heterocycles. The molecule has 0 atom stereocenters. The highest BCUT2D eigenvalue weighted by molar-refractivity contribution is 7.22. The minimum atomic E-state index is -0.0977. The average molecular weight is 456 g/mol. The van der Waals surface area contributed by atoms with Crippen LogP contribution in [0.2, 0.25) is 0 Å². The predicted molar refractivity (Wildman–Crippen MR) is 132 cm³/mol. The standard InChI is InChI=1S/C25H33N3O3S/c1-6-27(7-2)15-16-28(25-26-24-19(5)18(4)9-14-22(24)32-25)23(29)17-31-21-12-10-20(11-13-21)30-8-3/h9-14H,6-8,15-17H2,1-5H3. The number of likely N-dealkylation sites (N-methyl/N-ethyl adjacent to an activating group) is 1. The van der Waals surface area contributed by atoms with Crippen molar-refractivity contribution in [2.45, 2.75) is 34.6 Å². The highest BCUT2D eigenvalue weighted by Gasteiger charge is 2.22. The zero-order valence-corrected chi connectivity index (χ0v) is 20.5. The van der Waals surface area contributed by atoms with E-state index in [2.05, 4.69) is 44.7 Å². The molecule has 0 fully saturated rings. The third kappa shape index (κ3) is 5.78. The molecule has 0 unspecified atom stereocenters. The van der Waals surface area contributed by atoms with E-state index in [1.807, 2.05) is 31.2 Å². The van der Waals surface area contributed by atoms with Gasteiger partial charge in [-0.1, -0.05) is 31.3 Å². The van der Waals surface area contributed by atoms with Gasteiger partial charge in [0.1, 0.15) is 11.5 Å². The quantitative estimate of drug-likeness (QED) is 0.404. The van der Waals surface area contributed by atoms with Crippen molar-refractivity contribution in [2.75, 3.05) is 44.3 Å². The van der Waals surface area contributed by atoms with E-state index in [4.69, 9.17) is 14.5 Å². The van der Waals surface area contributed by atoms with Crippen LogP contribution in [-0.2, 0) is 4.79 Å². The number of anilines is 1. The lowest BCUT2D eigenvalue weighted by Gasteiger charge is -2.24. The number of aryl methyl sites for hydroxylation is 2. The SMILES string of the molecule is CCOc1ccc(OCC(=O)N(CCN(CC)CC)c2nc3c(C)c(C)ccc3s2)cc1. The van der Waals surface area contributed by atoms with Gasteiger partial charge >= 0.3 is 0 Å². The Balaban J connectivity index is 1.78. The topological polar surface area (TPSA) is 54.9 Å². The third-order valence-electron chi connectivity index (χ3n) is 5.64. The normalized spacial score (nSPS) is 11.2. The Morgan fingerprint density at radius 2 is 1.59 bits per heavy atom. The molecule has 32 heavy (non-hydrogen) atoms. The predicted octanol–water partition coefficient (Wildman–Crippen LogP) is 5.07. The van der Waals surface area contributed by atoms with Gasteiger partial charge in [0.25, 0.3) is 5.91 Å². The number of amides is 1. The fourth-order valence-electron chi connectivity index (χ4n) is 3.46. The van der Waals surface area contributed by atoms with Crippen LogP contribution in [0.4, 0.5) is 5.13 Å².